The molecular formula is C25H26F2N4O4S. The quantitative estimate of drug-likeness (QED) is 0.507. The fraction of sp³-hybridized carbons (Fsp3) is 0.360. The van der Waals surface area contributed by atoms with E-state index >= 15 is 0 Å². The molecular weight excluding hydrogens is 490 g/mol. The molecule has 0 aliphatic carbocycles. The maximum atomic E-state index is 13.5. The number of carbonyl (C=O) groups is 1. The Kier molecular flexibility index (Phi) is 6.19. The number of alkyl halides is 2. The van der Waals surface area contributed by atoms with Crippen molar-refractivity contribution in [2.24, 2.45) is 7.05 Å². The Labute approximate surface area is 208 Å². The number of anilines is 1. The molecule has 2 aromatic carbocycles. The number of sulfonamides is 1. The van der Waals surface area contributed by atoms with E-state index in [2.05, 4.69) is 4.98 Å². The van der Waals surface area contributed by atoms with Crippen LogP contribution in [0.25, 0.3) is 0 Å². The SMILES string of the molecule is Cn1cnc(COC(=O)N2CCC3(CC2)CN(S(=O)(=O)c2ccc(C(F)F)cc2)c2ccccc23)c1. The minimum Gasteiger partial charge on any atom is -0.443 e. The number of aromatic nitrogens is 2. The third kappa shape index (κ3) is 4.32. The van der Waals surface area contributed by atoms with Crippen LogP contribution in [-0.4, -0.2) is 48.6 Å². The lowest BCUT2D eigenvalue weighted by Crippen LogP contribution is -2.47. The summed E-state index contributed by atoms with van der Waals surface area (Å²) >= 11 is 0. The summed E-state index contributed by atoms with van der Waals surface area (Å²) in [5, 5.41) is 0. The normalized spacial score (nSPS) is 17.0. The van der Waals surface area contributed by atoms with Gasteiger partial charge in [-0.25, -0.2) is 27.0 Å². The lowest BCUT2D eigenvalue weighted by Gasteiger charge is -2.39. The molecule has 190 valence electrons. The van der Waals surface area contributed by atoms with Crippen LogP contribution in [0.2, 0.25) is 0 Å². The maximum Gasteiger partial charge on any atom is 0.410 e. The first-order valence-electron chi connectivity index (χ1n) is 11.6. The Morgan fingerprint density at radius 2 is 1.81 bits per heavy atom. The number of piperidine rings is 1. The monoisotopic (exact) mass is 516 g/mol. The Morgan fingerprint density at radius 1 is 1.11 bits per heavy atom. The van der Waals surface area contributed by atoms with Crippen LogP contribution in [0, 0.1) is 0 Å². The molecule has 5 rings (SSSR count). The molecule has 8 nitrogen and oxygen atoms in total. The first-order valence-corrected chi connectivity index (χ1v) is 13.0. The number of fused-ring (bicyclic) bond motifs is 2. The van der Waals surface area contributed by atoms with Crippen molar-refractivity contribution in [1.29, 1.82) is 0 Å². The molecule has 0 unspecified atom stereocenters. The maximum absolute atomic E-state index is 13.5. The minimum atomic E-state index is -3.96. The van der Waals surface area contributed by atoms with Crippen LogP contribution in [-0.2, 0) is 33.8 Å². The molecule has 0 saturated carbocycles. The molecule has 3 aromatic rings. The van der Waals surface area contributed by atoms with Gasteiger partial charge in [-0.1, -0.05) is 30.3 Å². The van der Waals surface area contributed by atoms with E-state index in [9.17, 15) is 22.0 Å². The summed E-state index contributed by atoms with van der Waals surface area (Å²) in [6.07, 6.45) is 1.46. The van der Waals surface area contributed by atoms with Crippen molar-refractivity contribution in [2.45, 2.75) is 36.2 Å². The van der Waals surface area contributed by atoms with E-state index in [1.165, 1.54) is 16.4 Å². The number of hydrogen-bond acceptors (Lipinski definition) is 5. The van der Waals surface area contributed by atoms with E-state index < -0.39 is 28.0 Å². The van der Waals surface area contributed by atoms with Gasteiger partial charge in [0.25, 0.3) is 16.4 Å². The molecule has 0 N–H and O–H groups in total. The summed E-state index contributed by atoms with van der Waals surface area (Å²) < 4.78 is 61.6. The van der Waals surface area contributed by atoms with Gasteiger partial charge in [-0.2, -0.15) is 0 Å². The van der Waals surface area contributed by atoms with Gasteiger partial charge in [-0.3, -0.25) is 4.31 Å². The van der Waals surface area contributed by atoms with Crippen LogP contribution >= 0.6 is 0 Å². The number of likely N-dealkylation sites (tertiary alicyclic amines) is 1. The van der Waals surface area contributed by atoms with Crippen LogP contribution < -0.4 is 4.31 Å². The molecule has 1 amide bonds. The van der Waals surface area contributed by atoms with Gasteiger partial charge in [0, 0.05) is 43.9 Å². The topological polar surface area (TPSA) is 84.7 Å². The van der Waals surface area contributed by atoms with Crippen molar-refractivity contribution in [1.82, 2.24) is 14.5 Å². The molecule has 2 aliphatic heterocycles. The van der Waals surface area contributed by atoms with Crippen molar-refractivity contribution in [3.8, 4) is 0 Å². The van der Waals surface area contributed by atoms with Gasteiger partial charge in [0.05, 0.1) is 22.6 Å². The number of imidazole rings is 1. The van der Waals surface area contributed by atoms with Gasteiger partial charge < -0.3 is 14.2 Å². The molecule has 1 saturated heterocycles. The highest BCUT2D eigenvalue weighted by Gasteiger charge is 2.48. The van der Waals surface area contributed by atoms with E-state index in [-0.39, 0.29) is 23.6 Å². The van der Waals surface area contributed by atoms with Gasteiger partial charge in [0.1, 0.15) is 6.61 Å². The van der Waals surface area contributed by atoms with E-state index in [0.29, 0.717) is 37.3 Å². The van der Waals surface area contributed by atoms with Crippen LogP contribution in [0.15, 0.2) is 66.0 Å². The van der Waals surface area contributed by atoms with Gasteiger partial charge in [0.2, 0.25) is 0 Å². The predicted molar refractivity (Wildman–Crippen MR) is 128 cm³/mol. The third-order valence-corrected chi connectivity index (χ3v) is 8.77. The molecule has 1 spiro atoms. The van der Waals surface area contributed by atoms with Gasteiger partial charge in [-0.05, 0) is 36.6 Å². The number of benzene rings is 2. The largest absolute Gasteiger partial charge is 0.443 e. The summed E-state index contributed by atoms with van der Waals surface area (Å²) in [6.45, 7) is 1.15. The van der Waals surface area contributed by atoms with Crippen molar-refractivity contribution in [3.05, 3.63) is 77.9 Å². The standard InChI is InChI=1S/C25H26F2N4O4S/c1-29-14-19(28-17-29)15-35-24(32)30-12-10-25(11-13-30)16-31(22-5-3-2-4-21(22)25)36(33,34)20-8-6-18(7-9-20)23(26)27/h2-9,14,17,23H,10-13,15-16H2,1H3. The zero-order valence-electron chi connectivity index (χ0n) is 19.7. The molecule has 1 aromatic heterocycles. The summed E-state index contributed by atoms with van der Waals surface area (Å²) in [7, 11) is -2.13. The molecule has 3 heterocycles. The lowest BCUT2D eigenvalue weighted by atomic mass is 9.74. The lowest BCUT2D eigenvalue weighted by molar-refractivity contribution is 0.0783. The predicted octanol–water partition coefficient (Wildman–Crippen LogP) is 4.24. The van der Waals surface area contributed by atoms with Crippen molar-refractivity contribution in [3.63, 3.8) is 0 Å². The van der Waals surface area contributed by atoms with Gasteiger partial charge in [0.15, 0.2) is 0 Å². The summed E-state index contributed by atoms with van der Waals surface area (Å²) in [5.41, 5.74) is 1.48. The highest BCUT2D eigenvalue weighted by Crippen LogP contribution is 2.48. The number of halogens is 2. The molecule has 2 aliphatic rings. The average Bonchev–Trinajstić information content (AvgIpc) is 3.45. The minimum absolute atomic E-state index is 0.0331. The fourth-order valence-electron chi connectivity index (χ4n) is 5.03. The van der Waals surface area contributed by atoms with Crippen LogP contribution in [0.4, 0.5) is 19.3 Å². The number of ether oxygens (including phenoxy) is 1. The number of para-hydroxylation sites is 1. The number of rotatable bonds is 5. The number of aryl methyl sites for hydroxylation is 1. The summed E-state index contributed by atoms with van der Waals surface area (Å²) in [6, 6.07) is 12.1. The second-order valence-corrected chi connectivity index (χ2v) is 11.1. The average molecular weight is 517 g/mol. The highest BCUT2D eigenvalue weighted by atomic mass is 32.2. The summed E-state index contributed by atoms with van der Waals surface area (Å²) in [4.78, 5) is 18.4. The summed E-state index contributed by atoms with van der Waals surface area (Å²) in [5.74, 6) is 0. The number of hydrogen-bond donors (Lipinski definition) is 0. The third-order valence-electron chi connectivity index (χ3n) is 6.99. The number of amides is 1. The Balaban J connectivity index is 1.32. The second-order valence-electron chi connectivity index (χ2n) is 9.25. The van der Waals surface area contributed by atoms with E-state index in [0.717, 1.165) is 17.7 Å². The first-order chi connectivity index (χ1) is 17.2. The Morgan fingerprint density at radius 3 is 2.44 bits per heavy atom. The molecule has 0 bridgehead atoms. The first kappa shape index (κ1) is 24.2. The number of nitrogens with zero attached hydrogens (tertiary/aromatic N) is 4. The zero-order chi connectivity index (χ0) is 25.5. The van der Waals surface area contributed by atoms with Crippen molar-refractivity contribution < 1.29 is 26.7 Å². The van der Waals surface area contributed by atoms with Crippen LogP contribution in [0.1, 0.15) is 36.1 Å². The smallest absolute Gasteiger partial charge is 0.410 e. The molecule has 11 heteroatoms. The highest BCUT2D eigenvalue weighted by molar-refractivity contribution is 7.92. The molecule has 0 atom stereocenters. The fourth-order valence-corrected chi connectivity index (χ4v) is 6.59. The Bertz CT molecular complexity index is 1370. The second kappa shape index (κ2) is 9.20. The Hall–Kier alpha value is -3.47. The van der Waals surface area contributed by atoms with Gasteiger partial charge in [-0.15, -0.1) is 0 Å². The van der Waals surface area contributed by atoms with Crippen LogP contribution in [0.5, 0.6) is 0 Å². The van der Waals surface area contributed by atoms with Crippen molar-refractivity contribution >= 4 is 21.8 Å². The number of carbonyl (C=O) groups excluding carboxylic acids is 1. The van der Waals surface area contributed by atoms with E-state index in [1.54, 1.807) is 34.1 Å². The van der Waals surface area contributed by atoms with E-state index in [1.807, 2.05) is 19.2 Å². The van der Waals surface area contributed by atoms with Crippen molar-refractivity contribution in [2.75, 3.05) is 23.9 Å². The molecule has 1 fully saturated rings. The van der Waals surface area contributed by atoms with Crippen LogP contribution in [0.3, 0.4) is 0 Å². The molecule has 0 radical (unpaired) electrons. The molecule has 36 heavy (non-hydrogen) atoms. The zero-order valence-corrected chi connectivity index (χ0v) is 20.5. The van der Waals surface area contributed by atoms with Gasteiger partial charge >= 0.3 is 6.09 Å². The van der Waals surface area contributed by atoms with E-state index in [4.69, 9.17) is 4.74 Å².